The second-order valence-corrected chi connectivity index (χ2v) is 5.77. The van der Waals surface area contributed by atoms with Crippen LogP contribution in [-0.4, -0.2) is 63.2 Å². The summed E-state index contributed by atoms with van der Waals surface area (Å²) in [6.07, 6.45) is -0.0221. The first kappa shape index (κ1) is 22.0. The van der Waals surface area contributed by atoms with Crippen LogP contribution in [0.2, 0.25) is 0 Å². The maximum Gasteiger partial charge on any atom is 0.339 e. The van der Waals surface area contributed by atoms with Crippen LogP contribution in [0.15, 0.2) is 37.5 Å². The largest absolute Gasteiger partial charge is 0.459 e. The van der Waals surface area contributed by atoms with E-state index in [1.165, 1.54) is 40.2 Å². The molecule has 1 aliphatic rings. The number of methoxy groups -OCH3 is 2. The zero-order valence-corrected chi connectivity index (χ0v) is 15.6. The van der Waals surface area contributed by atoms with Crippen molar-refractivity contribution in [2.24, 2.45) is 0 Å². The van der Waals surface area contributed by atoms with Gasteiger partial charge in [-0.05, 0) is 19.4 Å². The minimum absolute atomic E-state index is 0.0566. The van der Waals surface area contributed by atoms with E-state index in [1.54, 1.807) is 0 Å². The molecule has 0 aromatic rings. The molecule has 1 rings (SSSR count). The summed E-state index contributed by atoms with van der Waals surface area (Å²) in [4.78, 5) is 24.8. The normalized spacial score (nSPS) is 30.9. The van der Waals surface area contributed by atoms with Gasteiger partial charge in [0.05, 0.1) is 0 Å². The molecule has 0 spiro atoms. The van der Waals surface area contributed by atoms with Crippen molar-refractivity contribution in [3.05, 3.63) is 37.5 Å². The molecule has 8 nitrogen and oxygen atoms in total. The summed E-state index contributed by atoms with van der Waals surface area (Å²) in [7, 11) is 2.72. The Morgan fingerprint density at radius 3 is 1.85 bits per heavy atom. The number of carbonyl (C=O) groups is 2. The maximum atomic E-state index is 12.5. The maximum absolute atomic E-state index is 12.5. The van der Waals surface area contributed by atoms with Gasteiger partial charge in [0.15, 0.2) is 12.2 Å². The van der Waals surface area contributed by atoms with Crippen molar-refractivity contribution < 1.29 is 38.0 Å². The van der Waals surface area contributed by atoms with Crippen molar-refractivity contribution in [2.45, 2.75) is 37.6 Å². The molecule has 1 fully saturated rings. The number of rotatable bonds is 9. The van der Waals surface area contributed by atoms with Gasteiger partial charge in [-0.15, -0.1) is 0 Å². The van der Waals surface area contributed by atoms with Gasteiger partial charge in [-0.3, -0.25) is 0 Å². The van der Waals surface area contributed by atoms with Gasteiger partial charge in [0.1, 0.15) is 13.2 Å². The van der Waals surface area contributed by atoms with E-state index in [-0.39, 0.29) is 13.2 Å². The summed E-state index contributed by atoms with van der Waals surface area (Å²) in [6.45, 7) is 13.5. The Bertz CT molecular complexity index is 572. The summed E-state index contributed by atoms with van der Waals surface area (Å²) in [5.74, 6) is -4.64. The lowest BCUT2D eigenvalue weighted by Crippen LogP contribution is -2.68. The van der Waals surface area contributed by atoms with E-state index in [9.17, 15) is 9.59 Å². The highest BCUT2D eigenvalue weighted by atomic mass is 16.8. The molecule has 0 aliphatic carbocycles. The van der Waals surface area contributed by atoms with E-state index in [0.29, 0.717) is 5.57 Å². The number of carbonyl (C=O) groups excluding carboxylic acids is 2. The fourth-order valence-electron chi connectivity index (χ4n) is 2.16. The van der Waals surface area contributed by atoms with Crippen molar-refractivity contribution in [2.75, 3.05) is 27.4 Å². The molecule has 26 heavy (non-hydrogen) atoms. The molecule has 1 saturated heterocycles. The SMILES string of the molecule is C=CCOC(=O)C1OC(C)(OC)C(C)(OC)OC1C(=O)OCC(=C)C=C. The Hall–Kier alpha value is -2.00. The van der Waals surface area contributed by atoms with Gasteiger partial charge in [0.2, 0.25) is 11.6 Å². The fraction of sp³-hybridized carbons (Fsp3) is 0.556. The van der Waals surface area contributed by atoms with Crippen molar-refractivity contribution in [1.82, 2.24) is 0 Å². The minimum atomic E-state index is -1.49. The summed E-state index contributed by atoms with van der Waals surface area (Å²) in [6, 6.07) is 0. The Morgan fingerprint density at radius 2 is 1.46 bits per heavy atom. The molecular weight excluding hydrogens is 344 g/mol. The van der Waals surface area contributed by atoms with Gasteiger partial charge in [0.25, 0.3) is 0 Å². The van der Waals surface area contributed by atoms with E-state index in [2.05, 4.69) is 19.7 Å². The zero-order valence-electron chi connectivity index (χ0n) is 15.6. The molecule has 0 radical (unpaired) electrons. The lowest BCUT2D eigenvalue weighted by Gasteiger charge is -2.50. The monoisotopic (exact) mass is 370 g/mol. The predicted octanol–water partition coefficient (Wildman–Crippen LogP) is 1.51. The summed E-state index contributed by atoms with van der Waals surface area (Å²) < 4.78 is 32.3. The van der Waals surface area contributed by atoms with Crippen molar-refractivity contribution in [3.8, 4) is 0 Å². The van der Waals surface area contributed by atoms with E-state index >= 15 is 0 Å². The molecule has 4 unspecified atom stereocenters. The van der Waals surface area contributed by atoms with Crippen LogP contribution in [0.3, 0.4) is 0 Å². The summed E-state index contributed by atoms with van der Waals surface area (Å²) >= 11 is 0. The molecular formula is C18H26O8. The highest BCUT2D eigenvalue weighted by Crippen LogP contribution is 2.39. The van der Waals surface area contributed by atoms with Crippen molar-refractivity contribution in [1.29, 1.82) is 0 Å². The smallest absolute Gasteiger partial charge is 0.339 e. The molecule has 0 aromatic heterocycles. The average Bonchev–Trinajstić information content (AvgIpc) is 2.65. The molecule has 0 saturated carbocycles. The third-order valence-electron chi connectivity index (χ3n) is 4.08. The first-order valence-electron chi connectivity index (χ1n) is 7.88. The third-order valence-corrected chi connectivity index (χ3v) is 4.08. The second kappa shape index (κ2) is 9.09. The van der Waals surface area contributed by atoms with Gasteiger partial charge >= 0.3 is 11.9 Å². The quantitative estimate of drug-likeness (QED) is 0.343. The van der Waals surface area contributed by atoms with Crippen LogP contribution in [-0.2, 0) is 38.0 Å². The lowest BCUT2D eigenvalue weighted by atomic mass is 10.0. The topological polar surface area (TPSA) is 89.5 Å². The highest BCUT2D eigenvalue weighted by molar-refractivity contribution is 5.86. The van der Waals surface area contributed by atoms with Crippen LogP contribution < -0.4 is 0 Å². The Morgan fingerprint density at radius 1 is 1.00 bits per heavy atom. The number of hydrogen-bond acceptors (Lipinski definition) is 8. The van der Waals surface area contributed by atoms with Crippen LogP contribution in [0.25, 0.3) is 0 Å². The van der Waals surface area contributed by atoms with E-state index in [4.69, 9.17) is 28.4 Å². The molecule has 0 bridgehead atoms. The first-order valence-corrected chi connectivity index (χ1v) is 7.88. The van der Waals surface area contributed by atoms with Gasteiger partial charge in [-0.1, -0.05) is 31.9 Å². The molecule has 1 aliphatic heterocycles. The van der Waals surface area contributed by atoms with Crippen molar-refractivity contribution >= 4 is 11.9 Å². The number of ether oxygens (including phenoxy) is 6. The van der Waals surface area contributed by atoms with Crippen LogP contribution in [0.1, 0.15) is 13.8 Å². The zero-order chi connectivity index (χ0) is 20.0. The van der Waals surface area contributed by atoms with Crippen LogP contribution in [0.5, 0.6) is 0 Å². The van der Waals surface area contributed by atoms with E-state index in [1.807, 2.05) is 0 Å². The minimum Gasteiger partial charge on any atom is -0.459 e. The van der Waals surface area contributed by atoms with Gasteiger partial charge in [-0.2, -0.15) is 0 Å². The lowest BCUT2D eigenvalue weighted by molar-refractivity contribution is -0.439. The summed E-state index contributed by atoms with van der Waals surface area (Å²) in [5, 5.41) is 0. The predicted molar refractivity (Wildman–Crippen MR) is 92.0 cm³/mol. The van der Waals surface area contributed by atoms with Crippen LogP contribution in [0.4, 0.5) is 0 Å². The van der Waals surface area contributed by atoms with E-state index < -0.39 is 35.7 Å². The standard InChI is InChI=1S/C18H26O8/c1-8-10-23-15(19)13-14(16(20)24-11-12(3)9-2)26-18(5,22-7)17(4,21-6)25-13/h8-9,13-14H,1-3,10-11H2,4-7H3. The van der Waals surface area contributed by atoms with E-state index in [0.717, 1.165) is 0 Å². The molecule has 0 N–H and O–H groups in total. The number of esters is 2. The van der Waals surface area contributed by atoms with Gasteiger partial charge < -0.3 is 28.4 Å². The van der Waals surface area contributed by atoms with Gasteiger partial charge in [-0.25, -0.2) is 9.59 Å². The molecule has 0 amide bonds. The Labute approximate surface area is 153 Å². The third kappa shape index (κ3) is 4.59. The highest BCUT2D eigenvalue weighted by Gasteiger charge is 2.60. The van der Waals surface area contributed by atoms with Crippen LogP contribution >= 0.6 is 0 Å². The summed E-state index contributed by atoms with van der Waals surface area (Å²) in [5.41, 5.74) is 0.483. The average molecular weight is 370 g/mol. The fourth-order valence-corrected chi connectivity index (χ4v) is 2.16. The number of hydrogen-bond donors (Lipinski definition) is 0. The van der Waals surface area contributed by atoms with Gasteiger partial charge in [0, 0.05) is 14.2 Å². The molecule has 1 heterocycles. The van der Waals surface area contributed by atoms with Crippen molar-refractivity contribution in [3.63, 3.8) is 0 Å². The molecule has 0 aromatic carbocycles. The second-order valence-electron chi connectivity index (χ2n) is 5.77. The molecule has 8 heteroatoms. The Kier molecular flexibility index (Phi) is 7.70. The Balaban J connectivity index is 3.12. The first-order chi connectivity index (χ1) is 12.2. The molecule has 146 valence electrons. The molecule has 4 atom stereocenters. The van der Waals surface area contributed by atoms with Crippen LogP contribution in [0, 0.1) is 0 Å².